The maximum Gasteiger partial charge on any atom is 0.143 e. The van der Waals surface area contributed by atoms with Gasteiger partial charge >= 0.3 is 0 Å². The van der Waals surface area contributed by atoms with E-state index in [1.165, 1.54) is 0 Å². The first-order chi connectivity index (χ1) is 7.59. The van der Waals surface area contributed by atoms with Gasteiger partial charge in [0.15, 0.2) is 0 Å². The summed E-state index contributed by atoms with van der Waals surface area (Å²) < 4.78 is 1.27. The average molecular weight is 348 g/mol. The van der Waals surface area contributed by atoms with E-state index in [1.807, 2.05) is 12.1 Å². The predicted molar refractivity (Wildman–Crippen MR) is 69.7 cm³/mol. The van der Waals surface area contributed by atoms with E-state index in [4.69, 9.17) is 0 Å². The number of benzene rings is 1. The van der Waals surface area contributed by atoms with Gasteiger partial charge in [-0.1, -0.05) is 6.42 Å². The lowest BCUT2D eigenvalue weighted by Crippen LogP contribution is -2.16. The topological polar surface area (TPSA) is 37.3 Å². The van der Waals surface area contributed by atoms with Gasteiger partial charge < -0.3 is 5.11 Å². The van der Waals surface area contributed by atoms with E-state index in [-0.39, 0.29) is 11.7 Å². The third kappa shape index (κ3) is 2.33. The van der Waals surface area contributed by atoms with Crippen LogP contribution in [0.3, 0.4) is 0 Å². The zero-order chi connectivity index (χ0) is 11.7. The van der Waals surface area contributed by atoms with Crippen molar-refractivity contribution in [3.63, 3.8) is 0 Å². The van der Waals surface area contributed by atoms with Crippen LogP contribution in [0.4, 0.5) is 0 Å². The molecule has 4 heteroatoms. The lowest BCUT2D eigenvalue weighted by Gasteiger charge is -2.21. The summed E-state index contributed by atoms with van der Waals surface area (Å²) in [5, 5.41) is 9.62. The van der Waals surface area contributed by atoms with Crippen LogP contribution in [0.25, 0.3) is 0 Å². The van der Waals surface area contributed by atoms with E-state index in [0.29, 0.717) is 21.1 Å². The molecule has 0 amide bonds. The van der Waals surface area contributed by atoms with Crippen LogP contribution < -0.4 is 0 Å². The quantitative estimate of drug-likeness (QED) is 0.828. The van der Waals surface area contributed by atoms with E-state index >= 15 is 0 Å². The lowest BCUT2D eigenvalue weighted by atomic mass is 9.83. The van der Waals surface area contributed by atoms with Crippen molar-refractivity contribution < 1.29 is 9.90 Å². The maximum absolute atomic E-state index is 11.8. The van der Waals surface area contributed by atoms with Crippen molar-refractivity contribution in [2.75, 3.05) is 0 Å². The smallest absolute Gasteiger partial charge is 0.143 e. The van der Waals surface area contributed by atoms with Crippen molar-refractivity contribution in [3.8, 4) is 5.75 Å². The van der Waals surface area contributed by atoms with Crippen molar-refractivity contribution in [2.24, 2.45) is 0 Å². The van der Waals surface area contributed by atoms with E-state index in [1.54, 1.807) is 0 Å². The van der Waals surface area contributed by atoms with Gasteiger partial charge in [0.2, 0.25) is 0 Å². The summed E-state index contributed by atoms with van der Waals surface area (Å²) >= 11 is 6.58. The molecule has 0 spiro atoms. The van der Waals surface area contributed by atoms with Gasteiger partial charge in [0, 0.05) is 12.3 Å². The molecule has 2 nitrogen and oxygen atoms in total. The summed E-state index contributed by atoms with van der Waals surface area (Å²) in [6, 6.07) is 3.68. The lowest BCUT2D eigenvalue weighted by molar-refractivity contribution is -0.121. The molecule has 1 aromatic rings. The monoisotopic (exact) mass is 346 g/mol. The molecule has 0 aliphatic heterocycles. The number of aromatic hydroxyl groups is 1. The minimum atomic E-state index is 0.00181. The summed E-state index contributed by atoms with van der Waals surface area (Å²) in [6.07, 6.45) is 3.71. The van der Waals surface area contributed by atoms with Crippen LogP contribution in [0, 0.1) is 0 Å². The van der Waals surface area contributed by atoms with Gasteiger partial charge in [-0.25, -0.2) is 0 Å². The third-order valence-electron chi connectivity index (χ3n) is 3.00. The first kappa shape index (κ1) is 12.1. The fraction of sp³-hybridized carbons (Fsp3) is 0.417. The summed E-state index contributed by atoms with van der Waals surface area (Å²) in [6.45, 7) is 0. The Labute approximate surface area is 111 Å². The number of phenolic OH excluding ortho intramolecular Hbond substituents is 1. The SMILES string of the molecule is O=C1CCCCC1c1cc(Br)c(O)c(Br)c1. The minimum absolute atomic E-state index is 0.00181. The highest BCUT2D eigenvalue weighted by Crippen LogP contribution is 2.38. The molecule has 1 aliphatic carbocycles. The van der Waals surface area contributed by atoms with Gasteiger partial charge in [0.1, 0.15) is 11.5 Å². The van der Waals surface area contributed by atoms with E-state index in [0.717, 1.165) is 24.8 Å². The van der Waals surface area contributed by atoms with Crippen LogP contribution in [-0.2, 0) is 4.79 Å². The van der Waals surface area contributed by atoms with Gasteiger partial charge in [-0.3, -0.25) is 4.79 Å². The molecule has 16 heavy (non-hydrogen) atoms. The molecule has 0 aromatic heterocycles. The summed E-state index contributed by atoms with van der Waals surface area (Å²) in [5.74, 6) is 0.504. The Hall–Kier alpha value is -0.350. The second-order valence-corrected chi connectivity index (χ2v) is 5.81. The molecule has 2 rings (SSSR count). The zero-order valence-corrected chi connectivity index (χ0v) is 11.8. The number of ketones is 1. The molecule has 0 heterocycles. The molecular formula is C12H12Br2O2. The Morgan fingerprint density at radius 1 is 1.19 bits per heavy atom. The molecule has 86 valence electrons. The van der Waals surface area contributed by atoms with E-state index in [2.05, 4.69) is 31.9 Å². The second kappa shape index (κ2) is 4.88. The number of halogens is 2. The zero-order valence-electron chi connectivity index (χ0n) is 8.67. The van der Waals surface area contributed by atoms with Crippen LogP contribution in [-0.4, -0.2) is 10.9 Å². The van der Waals surface area contributed by atoms with Crippen molar-refractivity contribution in [3.05, 3.63) is 26.6 Å². The number of carbonyl (C=O) groups is 1. The average Bonchev–Trinajstić information content (AvgIpc) is 2.26. The van der Waals surface area contributed by atoms with Crippen LogP contribution >= 0.6 is 31.9 Å². The van der Waals surface area contributed by atoms with Gasteiger partial charge in [0.05, 0.1) is 8.95 Å². The van der Waals surface area contributed by atoms with Crippen molar-refractivity contribution in [2.45, 2.75) is 31.6 Å². The fourth-order valence-corrected chi connectivity index (χ4v) is 3.34. The summed E-state index contributed by atoms with van der Waals surface area (Å²) in [4.78, 5) is 11.8. The number of rotatable bonds is 1. The largest absolute Gasteiger partial charge is 0.506 e. The Morgan fingerprint density at radius 3 is 2.38 bits per heavy atom. The first-order valence-electron chi connectivity index (χ1n) is 5.30. The Balaban J connectivity index is 2.36. The van der Waals surface area contributed by atoms with Crippen LogP contribution in [0.2, 0.25) is 0 Å². The number of hydrogen-bond donors (Lipinski definition) is 1. The van der Waals surface area contributed by atoms with Gasteiger partial charge in [0.25, 0.3) is 0 Å². The van der Waals surface area contributed by atoms with Crippen molar-refractivity contribution in [1.29, 1.82) is 0 Å². The van der Waals surface area contributed by atoms with Gasteiger partial charge in [-0.15, -0.1) is 0 Å². The van der Waals surface area contributed by atoms with E-state index in [9.17, 15) is 9.90 Å². The van der Waals surface area contributed by atoms with Crippen molar-refractivity contribution >= 4 is 37.6 Å². The number of hydrogen-bond acceptors (Lipinski definition) is 2. The molecule has 1 aliphatic rings. The number of carbonyl (C=O) groups excluding carboxylic acids is 1. The highest BCUT2D eigenvalue weighted by atomic mass is 79.9. The molecule has 1 unspecified atom stereocenters. The minimum Gasteiger partial charge on any atom is -0.506 e. The Bertz CT molecular complexity index is 406. The summed E-state index contributed by atoms with van der Waals surface area (Å²) in [5.41, 5.74) is 0.987. The molecular weight excluding hydrogens is 336 g/mol. The standard InChI is InChI=1S/C12H12Br2O2/c13-9-5-7(6-10(14)12(9)16)8-3-1-2-4-11(8)15/h5-6,8,16H,1-4H2. The van der Waals surface area contributed by atoms with E-state index < -0.39 is 0 Å². The second-order valence-electron chi connectivity index (χ2n) is 4.10. The Kier molecular flexibility index (Phi) is 3.70. The molecule has 0 saturated heterocycles. The molecule has 1 atom stereocenters. The highest BCUT2D eigenvalue weighted by Gasteiger charge is 2.24. The number of phenols is 1. The molecule has 0 bridgehead atoms. The summed E-state index contributed by atoms with van der Waals surface area (Å²) in [7, 11) is 0. The van der Waals surface area contributed by atoms with Crippen LogP contribution in [0.1, 0.15) is 37.2 Å². The predicted octanol–water partition coefficient (Wildman–Crippen LogP) is 4.14. The highest BCUT2D eigenvalue weighted by molar-refractivity contribution is 9.11. The van der Waals surface area contributed by atoms with Crippen LogP contribution in [0.15, 0.2) is 21.1 Å². The molecule has 1 saturated carbocycles. The molecule has 0 radical (unpaired) electrons. The first-order valence-corrected chi connectivity index (χ1v) is 6.89. The maximum atomic E-state index is 11.8. The van der Waals surface area contributed by atoms with Gasteiger partial charge in [-0.05, 0) is 62.4 Å². The van der Waals surface area contributed by atoms with Crippen LogP contribution in [0.5, 0.6) is 5.75 Å². The van der Waals surface area contributed by atoms with Crippen molar-refractivity contribution in [1.82, 2.24) is 0 Å². The fourth-order valence-electron chi connectivity index (χ4n) is 2.12. The third-order valence-corrected chi connectivity index (χ3v) is 4.21. The molecule has 1 fully saturated rings. The normalized spacial score (nSPS) is 21.1. The Morgan fingerprint density at radius 2 is 1.81 bits per heavy atom. The van der Waals surface area contributed by atoms with Gasteiger partial charge in [-0.2, -0.15) is 0 Å². The number of Topliss-reactive ketones (excluding diaryl/α,β-unsaturated/α-hetero) is 1. The molecule has 1 aromatic carbocycles. The molecule has 1 N–H and O–H groups in total.